The van der Waals surface area contributed by atoms with E-state index in [1.807, 2.05) is 30.0 Å². The van der Waals surface area contributed by atoms with Crippen LogP contribution in [0.25, 0.3) is 10.9 Å². The molecule has 2 saturated heterocycles. The second-order valence-corrected chi connectivity index (χ2v) is 13.0. The van der Waals surface area contributed by atoms with Crippen molar-refractivity contribution in [2.45, 2.75) is 42.6 Å². The molecule has 40 heavy (non-hydrogen) atoms. The number of aliphatic carboxylic acids is 1. The maximum atomic E-state index is 16.4. The highest BCUT2D eigenvalue weighted by molar-refractivity contribution is 8.01. The number of thioether (sulfide) groups is 1. The highest BCUT2D eigenvalue weighted by atomic mass is 32.2. The molecule has 0 aliphatic carbocycles. The predicted octanol–water partition coefficient (Wildman–Crippen LogP) is 5.89. The average Bonchev–Trinajstić information content (AvgIpc) is 3.50. The Labute approximate surface area is 243 Å². The fraction of sp³-hybridized carbons (Fsp3) is 0.533. The van der Waals surface area contributed by atoms with Gasteiger partial charge in [-0.3, -0.25) is 14.7 Å². The Bertz CT molecular complexity index is 1260. The van der Waals surface area contributed by atoms with Crippen molar-refractivity contribution in [2.24, 2.45) is 5.41 Å². The number of nitrogens with zero attached hydrogens (tertiary/aromatic N) is 3. The lowest BCUT2D eigenvalue weighted by Crippen LogP contribution is -2.45. The number of ether oxygens (including phenoxy) is 2. The topological polar surface area (TPSA) is 75.1 Å². The molecule has 3 aromatic rings. The maximum absolute atomic E-state index is 16.4. The van der Waals surface area contributed by atoms with Crippen LogP contribution in [0.1, 0.15) is 43.0 Å². The number of thiophene rings is 1. The van der Waals surface area contributed by atoms with Crippen LogP contribution < -0.4 is 4.74 Å². The van der Waals surface area contributed by atoms with Gasteiger partial charge in [0, 0.05) is 49.1 Å². The fourth-order valence-corrected chi connectivity index (χ4v) is 7.66. The van der Waals surface area contributed by atoms with Gasteiger partial charge in [0.05, 0.1) is 35.5 Å². The van der Waals surface area contributed by atoms with E-state index in [1.165, 1.54) is 4.21 Å². The zero-order valence-corrected chi connectivity index (χ0v) is 24.7. The third-order valence-electron chi connectivity index (χ3n) is 8.30. The van der Waals surface area contributed by atoms with E-state index in [0.29, 0.717) is 55.9 Å². The van der Waals surface area contributed by atoms with E-state index in [2.05, 4.69) is 32.3 Å². The number of carboxylic acid groups (broad SMARTS) is 1. The van der Waals surface area contributed by atoms with E-state index >= 15 is 4.39 Å². The molecule has 4 heterocycles. The van der Waals surface area contributed by atoms with Gasteiger partial charge in [0.2, 0.25) is 0 Å². The van der Waals surface area contributed by atoms with E-state index in [1.54, 1.807) is 24.6 Å². The molecule has 1 N–H and O–H groups in total. The van der Waals surface area contributed by atoms with Crippen LogP contribution in [0.2, 0.25) is 0 Å². The summed E-state index contributed by atoms with van der Waals surface area (Å²) < 4.78 is 28.6. The highest BCUT2D eigenvalue weighted by Gasteiger charge is 2.42. The summed E-state index contributed by atoms with van der Waals surface area (Å²) in [6.45, 7) is 5.87. The Morgan fingerprint density at radius 2 is 2.02 bits per heavy atom. The number of aromatic nitrogens is 1. The van der Waals surface area contributed by atoms with E-state index in [4.69, 9.17) is 9.47 Å². The summed E-state index contributed by atoms with van der Waals surface area (Å²) >= 11 is 3.59. The molecule has 10 heteroatoms. The number of methoxy groups -OCH3 is 1. The Morgan fingerprint density at radius 1 is 1.23 bits per heavy atom. The summed E-state index contributed by atoms with van der Waals surface area (Å²) in [6.07, 6.45) is 2.05. The van der Waals surface area contributed by atoms with Crippen LogP contribution in [0.4, 0.5) is 4.39 Å². The molecule has 7 nitrogen and oxygen atoms in total. The molecule has 2 aliphatic heterocycles. The average molecular weight is 588 g/mol. The zero-order valence-electron chi connectivity index (χ0n) is 23.0. The van der Waals surface area contributed by atoms with Gasteiger partial charge in [-0.25, -0.2) is 4.39 Å². The number of halogens is 1. The van der Waals surface area contributed by atoms with Gasteiger partial charge < -0.3 is 19.5 Å². The molecular formula is C30H38FN3O4S2. The number of pyridine rings is 1. The van der Waals surface area contributed by atoms with E-state index in [-0.39, 0.29) is 6.42 Å². The summed E-state index contributed by atoms with van der Waals surface area (Å²) in [4.78, 5) is 21.8. The van der Waals surface area contributed by atoms with Crippen LogP contribution >= 0.6 is 23.1 Å². The minimum absolute atomic E-state index is 0.160. The van der Waals surface area contributed by atoms with Crippen molar-refractivity contribution < 1.29 is 23.8 Å². The van der Waals surface area contributed by atoms with Crippen molar-refractivity contribution in [1.82, 2.24) is 14.8 Å². The van der Waals surface area contributed by atoms with Crippen molar-refractivity contribution >= 4 is 40.0 Å². The number of hydrogen-bond donors (Lipinski definition) is 1. The molecule has 0 radical (unpaired) electrons. The smallest absolute Gasteiger partial charge is 0.309 e. The second-order valence-electron chi connectivity index (χ2n) is 10.7. The SMILES string of the molecule is COc1ccc2ncc(CN3CCOCC3)c([C@@H](F)CCC3(C(=O)O)CCN(CCSc4cccs4)CC3)c2c1. The Morgan fingerprint density at radius 3 is 2.73 bits per heavy atom. The van der Waals surface area contributed by atoms with Gasteiger partial charge in [0.25, 0.3) is 0 Å². The molecule has 0 spiro atoms. The van der Waals surface area contributed by atoms with E-state index in [9.17, 15) is 9.90 Å². The number of morpholine rings is 1. The molecule has 0 bridgehead atoms. The lowest BCUT2D eigenvalue weighted by Gasteiger charge is -2.39. The minimum Gasteiger partial charge on any atom is -0.497 e. The molecule has 1 atom stereocenters. The number of fused-ring (bicyclic) bond motifs is 1. The lowest BCUT2D eigenvalue weighted by atomic mass is 9.74. The van der Waals surface area contributed by atoms with Crippen molar-refractivity contribution in [3.63, 3.8) is 0 Å². The first-order chi connectivity index (χ1) is 19.5. The summed E-state index contributed by atoms with van der Waals surface area (Å²) in [6, 6.07) is 9.73. The number of carboxylic acids is 1. The monoisotopic (exact) mass is 587 g/mol. The van der Waals surface area contributed by atoms with Gasteiger partial charge in [0.15, 0.2) is 0 Å². The van der Waals surface area contributed by atoms with Crippen LogP contribution in [0, 0.1) is 5.41 Å². The van der Waals surface area contributed by atoms with Crippen LogP contribution in [0.15, 0.2) is 46.1 Å². The fourth-order valence-electron chi connectivity index (χ4n) is 5.80. The lowest BCUT2D eigenvalue weighted by molar-refractivity contribution is -0.153. The van der Waals surface area contributed by atoms with Crippen LogP contribution in [-0.2, 0) is 16.1 Å². The summed E-state index contributed by atoms with van der Waals surface area (Å²) in [5, 5.41) is 13.1. The number of carbonyl (C=O) groups is 1. The van der Waals surface area contributed by atoms with Gasteiger partial charge in [-0.1, -0.05) is 6.07 Å². The number of hydrogen-bond acceptors (Lipinski definition) is 8. The van der Waals surface area contributed by atoms with Gasteiger partial charge in [-0.05, 0) is 74.0 Å². The molecule has 0 saturated carbocycles. The summed E-state index contributed by atoms with van der Waals surface area (Å²) in [5.74, 6) is 0.831. The highest BCUT2D eigenvalue weighted by Crippen LogP contribution is 2.42. The number of rotatable bonds is 12. The maximum Gasteiger partial charge on any atom is 0.309 e. The summed E-state index contributed by atoms with van der Waals surface area (Å²) in [5.41, 5.74) is 1.27. The number of likely N-dealkylation sites (tertiary alicyclic amines) is 1. The van der Waals surface area contributed by atoms with Crippen molar-refractivity contribution in [2.75, 3.05) is 58.8 Å². The van der Waals surface area contributed by atoms with Crippen molar-refractivity contribution in [3.05, 3.63) is 53.0 Å². The Balaban J connectivity index is 1.28. The number of alkyl halides is 1. The Kier molecular flexibility index (Phi) is 9.96. The first-order valence-corrected chi connectivity index (χ1v) is 15.9. The number of piperidine rings is 1. The van der Waals surface area contributed by atoms with Crippen LogP contribution in [0.5, 0.6) is 5.75 Å². The molecule has 2 aliphatic rings. The number of benzene rings is 1. The van der Waals surface area contributed by atoms with Gasteiger partial charge in [-0.15, -0.1) is 23.1 Å². The van der Waals surface area contributed by atoms with E-state index < -0.39 is 17.6 Å². The van der Waals surface area contributed by atoms with Crippen LogP contribution in [0.3, 0.4) is 0 Å². The minimum atomic E-state index is -1.30. The van der Waals surface area contributed by atoms with Gasteiger partial charge >= 0.3 is 5.97 Å². The standard InChI is InChI=1S/C30H38FN3O4S2/c1-37-23-4-5-26-24(19-23)28(22(20-32-26)21-34-12-15-38-16-13-34)25(31)6-7-30(29(35)36)8-10-33(11-9-30)14-18-40-27-3-2-17-39-27/h2-5,17,19-20,25H,6-16,18,21H2,1H3,(H,35,36)/t25-/m0/s1. The molecule has 2 fully saturated rings. The largest absolute Gasteiger partial charge is 0.497 e. The first kappa shape index (κ1) is 29.3. The molecular weight excluding hydrogens is 549 g/mol. The van der Waals surface area contributed by atoms with E-state index in [0.717, 1.165) is 49.4 Å². The van der Waals surface area contributed by atoms with Gasteiger partial charge in [0.1, 0.15) is 11.9 Å². The molecule has 0 unspecified atom stereocenters. The quantitative estimate of drug-likeness (QED) is 0.263. The Hall–Kier alpha value is -2.24. The third-order valence-corrected chi connectivity index (χ3v) is 10.4. The molecule has 1 aromatic carbocycles. The molecule has 0 amide bonds. The van der Waals surface area contributed by atoms with Crippen molar-refractivity contribution in [1.29, 1.82) is 0 Å². The normalized spacial score (nSPS) is 19.1. The van der Waals surface area contributed by atoms with Crippen LogP contribution in [-0.4, -0.2) is 84.7 Å². The zero-order chi connectivity index (χ0) is 28.0. The molecule has 5 rings (SSSR count). The summed E-state index contributed by atoms with van der Waals surface area (Å²) in [7, 11) is 1.60. The second kappa shape index (κ2) is 13.6. The molecule has 2 aromatic heterocycles. The molecule has 216 valence electrons. The third kappa shape index (κ3) is 6.97. The van der Waals surface area contributed by atoms with Crippen molar-refractivity contribution in [3.8, 4) is 5.75 Å². The predicted molar refractivity (Wildman–Crippen MR) is 158 cm³/mol. The van der Waals surface area contributed by atoms with Gasteiger partial charge in [-0.2, -0.15) is 0 Å². The first-order valence-electron chi connectivity index (χ1n) is 14.0.